The van der Waals surface area contributed by atoms with Crippen molar-refractivity contribution in [2.24, 2.45) is 0 Å². The Morgan fingerprint density at radius 2 is 1.75 bits per heavy atom. The molecule has 0 bridgehead atoms. The first-order valence-electron chi connectivity index (χ1n) is 6.24. The van der Waals surface area contributed by atoms with Gasteiger partial charge < -0.3 is 25.2 Å². The topological polar surface area (TPSA) is 90.2 Å². The lowest BCUT2D eigenvalue weighted by Crippen LogP contribution is -2.36. The van der Waals surface area contributed by atoms with Crippen molar-refractivity contribution in [3.63, 3.8) is 0 Å². The van der Waals surface area contributed by atoms with Crippen molar-refractivity contribution in [3.05, 3.63) is 47.5 Å². The van der Waals surface area contributed by atoms with Crippen LogP contribution in [0.15, 0.2) is 36.4 Å². The van der Waals surface area contributed by atoms with E-state index in [1.807, 2.05) is 0 Å². The van der Waals surface area contributed by atoms with E-state index in [1.165, 1.54) is 24.3 Å². The number of rotatable bonds is 1. The molecule has 1 aliphatic heterocycles. The van der Waals surface area contributed by atoms with Gasteiger partial charge in [0.25, 0.3) is 0 Å². The zero-order chi connectivity index (χ0) is 14.3. The first-order chi connectivity index (χ1) is 9.48. The normalized spacial score (nSPS) is 21.1. The second-order valence-corrected chi connectivity index (χ2v) is 4.88. The zero-order valence-corrected chi connectivity index (χ0v) is 10.6. The average molecular weight is 274 g/mol. The third-order valence-electron chi connectivity index (χ3n) is 3.49. The summed E-state index contributed by atoms with van der Waals surface area (Å²) in [5.41, 5.74) is 1.25. The van der Waals surface area contributed by atoms with Crippen molar-refractivity contribution < 1.29 is 25.2 Å². The molecule has 0 aromatic heterocycles. The second kappa shape index (κ2) is 4.31. The molecule has 0 saturated carbocycles. The van der Waals surface area contributed by atoms with E-state index in [0.29, 0.717) is 24.2 Å². The first kappa shape index (κ1) is 12.6. The van der Waals surface area contributed by atoms with Crippen LogP contribution in [0.1, 0.15) is 17.5 Å². The third-order valence-corrected chi connectivity index (χ3v) is 3.49. The van der Waals surface area contributed by atoms with Gasteiger partial charge in [-0.05, 0) is 36.2 Å². The Kier molecular flexibility index (Phi) is 2.72. The Labute approximate surface area is 115 Å². The van der Waals surface area contributed by atoms with Crippen LogP contribution in [0.2, 0.25) is 0 Å². The van der Waals surface area contributed by atoms with Crippen LogP contribution in [0.4, 0.5) is 0 Å². The van der Waals surface area contributed by atoms with Crippen LogP contribution in [0, 0.1) is 0 Å². The van der Waals surface area contributed by atoms with Gasteiger partial charge in [0.15, 0.2) is 11.5 Å². The molecule has 4 N–H and O–H groups in total. The van der Waals surface area contributed by atoms with Gasteiger partial charge in [0.2, 0.25) is 5.79 Å². The number of phenolic OH excluding ortho intramolecular Hbond substituents is 3. The molecule has 0 amide bonds. The molecular weight excluding hydrogens is 260 g/mol. The second-order valence-electron chi connectivity index (χ2n) is 4.88. The zero-order valence-electron chi connectivity index (χ0n) is 10.6. The van der Waals surface area contributed by atoms with E-state index in [4.69, 9.17) is 4.74 Å². The molecule has 3 rings (SSSR count). The SMILES string of the molecule is Oc1ccc2c(c1)OC(O)(c1ccc(O)c(O)c1)CC2. The molecule has 5 heteroatoms. The van der Waals surface area contributed by atoms with Crippen LogP contribution in [0.3, 0.4) is 0 Å². The number of benzene rings is 2. The van der Waals surface area contributed by atoms with Crippen LogP contribution in [-0.2, 0) is 12.2 Å². The Hall–Kier alpha value is -2.40. The molecule has 0 aliphatic carbocycles. The van der Waals surface area contributed by atoms with Gasteiger partial charge in [-0.25, -0.2) is 0 Å². The van der Waals surface area contributed by atoms with Crippen molar-refractivity contribution in [1.82, 2.24) is 0 Å². The smallest absolute Gasteiger partial charge is 0.235 e. The molecule has 0 spiro atoms. The van der Waals surface area contributed by atoms with Gasteiger partial charge in [-0.3, -0.25) is 0 Å². The summed E-state index contributed by atoms with van der Waals surface area (Å²) >= 11 is 0. The van der Waals surface area contributed by atoms with E-state index in [1.54, 1.807) is 12.1 Å². The summed E-state index contributed by atoms with van der Waals surface area (Å²) in [5.74, 6) is -1.70. The molecule has 5 nitrogen and oxygen atoms in total. The molecular formula is C15H14O5. The Balaban J connectivity index is 1.99. The molecule has 1 atom stereocenters. The minimum Gasteiger partial charge on any atom is -0.508 e. The largest absolute Gasteiger partial charge is 0.508 e. The van der Waals surface area contributed by atoms with E-state index in [2.05, 4.69) is 0 Å². The molecule has 0 saturated heterocycles. The monoisotopic (exact) mass is 274 g/mol. The quantitative estimate of drug-likeness (QED) is 0.597. The lowest BCUT2D eigenvalue weighted by atomic mass is 9.94. The van der Waals surface area contributed by atoms with Crippen LogP contribution >= 0.6 is 0 Å². The standard InChI is InChI=1S/C15H14O5/c16-11-3-1-9-5-6-15(19,20-14(9)8-11)10-2-4-12(17)13(18)7-10/h1-4,7-8,16-19H,5-6H2. The Bertz CT molecular complexity index is 667. The lowest BCUT2D eigenvalue weighted by molar-refractivity contribution is -0.158. The fourth-order valence-corrected chi connectivity index (χ4v) is 2.35. The summed E-state index contributed by atoms with van der Waals surface area (Å²) in [6, 6.07) is 8.81. The van der Waals surface area contributed by atoms with E-state index in [9.17, 15) is 20.4 Å². The molecule has 1 unspecified atom stereocenters. The molecule has 20 heavy (non-hydrogen) atoms. The Morgan fingerprint density at radius 3 is 2.50 bits per heavy atom. The van der Waals surface area contributed by atoms with E-state index >= 15 is 0 Å². The van der Waals surface area contributed by atoms with Gasteiger partial charge in [0, 0.05) is 18.1 Å². The molecule has 1 heterocycles. The summed E-state index contributed by atoms with van der Waals surface area (Å²) in [5, 5.41) is 38.9. The Morgan fingerprint density at radius 1 is 0.950 bits per heavy atom. The summed E-state index contributed by atoms with van der Waals surface area (Å²) in [6.07, 6.45) is 0.892. The minimum atomic E-state index is -1.59. The number of aryl methyl sites for hydroxylation is 1. The van der Waals surface area contributed by atoms with Crippen molar-refractivity contribution in [2.45, 2.75) is 18.6 Å². The fourth-order valence-electron chi connectivity index (χ4n) is 2.35. The van der Waals surface area contributed by atoms with Crippen molar-refractivity contribution in [3.8, 4) is 23.0 Å². The van der Waals surface area contributed by atoms with E-state index in [0.717, 1.165) is 5.56 Å². The first-order valence-corrected chi connectivity index (χ1v) is 6.24. The van der Waals surface area contributed by atoms with Gasteiger partial charge in [-0.1, -0.05) is 6.07 Å². The number of hydrogen-bond acceptors (Lipinski definition) is 5. The summed E-state index contributed by atoms with van der Waals surface area (Å²) in [6.45, 7) is 0. The predicted molar refractivity (Wildman–Crippen MR) is 70.7 cm³/mol. The van der Waals surface area contributed by atoms with Crippen LogP contribution in [-0.4, -0.2) is 20.4 Å². The summed E-state index contributed by atoms with van der Waals surface area (Å²) in [7, 11) is 0. The van der Waals surface area contributed by atoms with Crippen LogP contribution in [0.25, 0.3) is 0 Å². The maximum absolute atomic E-state index is 10.6. The summed E-state index contributed by atoms with van der Waals surface area (Å²) < 4.78 is 5.58. The molecule has 0 radical (unpaired) electrons. The molecule has 104 valence electrons. The van der Waals surface area contributed by atoms with Crippen molar-refractivity contribution in [2.75, 3.05) is 0 Å². The average Bonchev–Trinajstić information content (AvgIpc) is 2.41. The highest BCUT2D eigenvalue weighted by molar-refractivity contribution is 5.45. The fraction of sp³-hybridized carbons (Fsp3) is 0.200. The number of ether oxygens (including phenoxy) is 1. The van der Waals surface area contributed by atoms with Gasteiger partial charge in [0.05, 0.1) is 0 Å². The van der Waals surface area contributed by atoms with E-state index < -0.39 is 5.79 Å². The van der Waals surface area contributed by atoms with Crippen molar-refractivity contribution >= 4 is 0 Å². The van der Waals surface area contributed by atoms with Gasteiger partial charge in [-0.2, -0.15) is 0 Å². The molecule has 2 aromatic rings. The highest BCUT2D eigenvalue weighted by Gasteiger charge is 2.36. The van der Waals surface area contributed by atoms with Gasteiger partial charge in [0.1, 0.15) is 11.5 Å². The highest BCUT2D eigenvalue weighted by atomic mass is 16.6. The maximum atomic E-state index is 10.6. The van der Waals surface area contributed by atoms with Gasteiger partial charge >= 0.3 is 0 Å². The number of fused-ring (bicyclic) bond motifs is 1. The molecule has 1 aliphatic rings. The van der Waals surface area contributed by atoms with Crippen LogP contribution in [0.5, 0.6) is 23.0 Å². The predicted octanol–water partition coefficient (Wildman–Crippen LogP) is 1.97. The molecule has 2 aromatic carbocycles. The number of aromatic hydroxyl groups is 3. The van der Waals surface area contributed by atoms with Crippen molar-refractivity contribution in [1.29, 1.82) is 0 Å². The number of phenols is 3. The highest BCUT2D eigenvalue weighted by Crippen LogP contribution is 2.41. The van der Waals surface area contributed by atoms with Crippen LogP contribution < -0.4 is 4.74 Å². The lowest BCUT2D eigenvalue weighted by Gasteiger charge is -2.34. The molecule has 0 fully saturated rings. The van der Waals surface area contributed by atoms with E-state index in [-0.39, 0.29) is 17.2 Å². The number of aliphatic hydroxyl groups is 1. The summed E-state index contributed by atoms with van der Waals surface area (Å²) in [4.78, 5) is 0. The minimum absolute atomic E-state index is 0.0570. The third kappa shape index (κ3) is 2.02. The number of hydrogen-bond donors (Lipinski definition) is 4. The van der Waals surface area contributed by atoms with Gasteiger partial charge in [-0.15, -0.1) is 0 Å². The maximum Gasteiger partial charge on any atom is 0.235 e.